The molecule has 1 atom stereocenters. The first-order valence-corrected chi connectivity index (χ1v) is 6.03. The number of aryl methyl sites for hydroxylation is 1. The molecule has 0 saturated carbocycles. The van der Waals surface area contributed by atoms with Crippen LogP contribution in [0.4, 0.5) is 0 Å². The summed E-state index contributed by atoms with van der Waals surface area (Å²) in [5, 5.41) is 5.84. The van der Waals surface area contributed by atoms with Gasteiger partial charge in [-0.2, -0.15) is 0 Å². The van der Waals surface area contributed by atoms with Gasteiger partial charge in [0.2, 0.25) is 0 Å². The van der Waals surface area contributed by atoms with E-state index in [1.54, 1.807) is 4.88 Å². The highest BCUT2D eigenvalue weighted by Gasteiger charge is 2.15. The van der Waals surface area contributed by atoms with Gasteiger partial charge < -0.3 is 5.32 Å². The summed E-state index contributed by atoms with van der Waals surface area (Å²) in [4.78, 5) is 1.56. The van der Waals surface area contributed by atoms with Gasteiger partial charge in [-0.15, -0.1) is 11.3 Å². The molecule has 1 aliphatic rings. The zero-order valence-electron chi connectivity index (χ0n) is 8.18. The molecule has 0 spiro atoms. The van der Waals surface area contributed by atoms with Crippen LogP contribution in [0.1, 0.15) is 42.2 Å². The molecule has 1 fully saturated rings. The molecule has 2 rings (SSSR count). The highest BCUT2D eigenvalue weighted by molar-refractivity contribution is 7.10. The van der Waals surface area contributed by atoms with E-state index < -0.39 is 0 Å². The van der Waals surface area contributed by atoms with Gasteiger partial charge in [-0.3, -0.25) is 0 Å². The lowest BCUT2D eigenvalue weighted by Crippen LogP contribution is -2.19. The maximum Gasteiger partial charge on any atom is 0.0417 e. The largest absolute Gasteiger partial charge is 0.309 e. The molecular weight excluding hydrogens is 178 g/mol. The summed E-state index contributed by atoms with van der Waals surface area (Å²) in [6.45, 7) is 3.42. The smallest absolute Gasteiger partial charge is 0.0417 e. The van der Waals surface area contributed by atoms with E-state index in [-0.39, 0.29) is 0 Å². The molecule has 0 aliphatic carbocycles. The highest BCUT2D eigenvalue weighted by Crippen LogP contribution is 2.29. The average Bonchev–Trinajstić information content (AvgIpc) is 2.43. The summed E-state index contributed by atoms with van der Waals surface area (Å²) in [5.41, 5.74) is 1.46. The van der Waals surface area contributed by atoms with Gasteiger partial charge >= 0.3 is 0 Å². The van der Waals surface area contributed by atoms with Crippen LogP contribution in [-0.2, 0) is 0 Å². The molecule has 2 heterocycles. The fourth-order valence-corrected chi connectivity index (χ4v) is 3.03. The Morgan fingerprint density at radius 2 is 2.31 bits per heavy atom. The minimum absolute atomic E-state index is 0.641. The number of nitrogens with one attached hydrogen (secondary N) is 1. The Bertz CT molecular complexity index is 259. The number of hydrogen-bond acceptors (Lipinski definition) is 2. The van der Waals surface area contributed by atoms with Crippen LogP contribution in [0.3, 0.4) is 0 Å². The van der Waals surface area contributed by atoms with Crippen molar-refractivity contribution in [3.8, 4) is 0 Å². The molecule has 0 radical (unpaired) electrons. The molecule has 1 aliphatic heterocycles. The highest BCUT2D eigenvalue weighted by atomic mass is 32.1. The topological polar surface area (TPSA) is 12.0 Å². The second kappa shape index (κ2) is 4.25. The molecule has 1 aromatic rings. The van der Waals surface area contributed by atoms with Crippen LogP contribution >= 0.6 is 11.3 Å². The van der Waals surface area contributed by atoms with E-state index in [4.69, 9.17) is 0 Å². The van der Waals surface area contributed by atoms with Crippen LogP contribution in [0.5, 0.6) is 0 Å². The normalized spacial score (nSPS) is 24.2. The van der Waals surface area contributed by atoms with Gasteiger partial charge in [0.05, 0.1) is 0 Å². The first-order valence-electron chi connectivity index (χ1n) is 5.15. The van der Waals surface area contributed by atoms with Crippen molar-refractivity contribution in [3.05, 3.63) is 21.9 Å². The van der Waals surface area contributed by atoms with Gasteiger partial charge in [-0.1, -0.05) is 12.8 Å². The Labute approximate surface area is 84.2 Å². The van der Waals surface area contributed by atoms with E-state index in [1.165, 1.54) is 37.8 Å². The predicted octanol–water partition coefficient (Wildman–Crippen LogP) is 3.26. The van der Waals surface area contributed by atoms with Crippen molar-refractivity contribution in [3.63, 3.8) is 0 Å². The van der Waals surface area contributed by atoms with Crippen molar-refractivity contribution >= 4 is 11.3 Å². The van der Waals surface area contributed by atoms with Gasteiger partial charge in [0.15, 0.2) is 0 Å². The number of hydrogen-bond donors (Lipinski definition) is 1. The maximum absolute atomic E-state index is 3.64. The molecule has 1 nitrogen and oxygen atoms in total. The lowest BCUT2D eigenvalue weighted by Gasteiger charge is -2.14. The first-order chi connectivity index (χ1) is 6.38. The van der Waals surface area contributed by atoms with Crippen LogP contribution in [0.2, 0.25) is 0 Å². The SMILES string of the molecule is Cc1ccsc1[C@@H]1CCCCCN1. The van der Waals surface area contributed by atoms with E-state index in [1.807, 2.05) is 11.3 Å². The van der Waals surface area contributed by atoms with Crippen molar-refractivity contribution in [1.82, 2.24) is 5.32 Å². The second-order valence-electron chi connectivity index (χ2n) is 3.82. The second-order valence-corrected chi connectivity index (χ2v) is 4.77. The van der Waals surface area contributed by atoms with E-state index in [0.29, 0.717) is 6.04 Å². The Morgan fingerprint density at radius 1 is 1.38 bits per heavy atom. The number of thiophene rings is 1. The standard InChI is InChI=1S/C11H17NS/c1-9-6-8-13-11(9)10-5-3-2-4-7-12-10/h6,8,10,12H,2-5,7H2,1H3/t10-/m0/s1. The minimum Gasteiger partial charge on any atom is -0.309 e. The summed E-state index contributed by atoms with van der Waals surface area (Å²) in [6, 6.07) is 2.87. The quantitative estimate of drug-likeness (QED) is 0.725. The molecule has 0 amide bonds. The molecule has 0 bridgehead atoms. The van der Waals surface area contributed by atoms with Crippen molar-refractivity contribution < 1.29 is 0 Å². The Kier molecular flexibility index (Phi) is 3.01. The van der Waals surface area contributed by atoms with E-state index in [9.17, 15) is 0 Å². The van der Waals surface area contributed by atoms with Crippen LogP contribution < -0.4 is 5.32 Å². The molecule has 1 saturated heterocycles. The monoisotopic (exact) mass is 195 g/mol. The zero-order valence-corrected chi connectivity index (χ0v) is 8.99. The van der Waals surface area contributed by atoms with Crippen LogP contribution in [0.15, 0.2) is 11.4 Å². The molecule has 1 aromatic heterocycles. The van der Waals surface area contributed by atoms with E-state index in [2.05, 4.69) is 23.7 Å². The lowest BCUT2D eigenvalue weighted by atomic mass is 10.1. The van der Waals surface area contributed by atoms with Crippen molar-refractivity contribution in [2.45, 2.75) is 38.6 Å². The summed E-state index contributed by atoms with van der Waals surface area (Å²) in [7, 11) is 0. The third kappa shape index (κ3) is 2.12. The van der Waals surface area contributed by atoms with Gasteiger partial charge in [-0.05, 0) is 43.3 Å². The predicted molar refractivity (Wildman–Crippen MR) is 58.3 cm³/mol. The van der Waals surface area contributed by atoms with E-state index >= 15 is 0 Å². The van der Waals surface area contributed by atoms with Gasteiger partial charge in [0.25, 0.3) is 0 Å². The first kappa shape index (κ1) is 9.22. The summed E-state index contributed by atoms with van der Waals surface area (Å²) < 4.78 is 0. The molecule has 1 N–H and O–H groups in total. The van der Waals surface area contributed by atoms with Crippen LogP contribution in [0, 0.1) is 6.92 Å². The Balaban J connectivity index is 2.10. The molecule has 72 valence electrons. The average molecular weight is 195 g/mol. The van der Waals surface area contributed by atoms with E-state index in [0.717, 1.165) is 0 Å². The lowest BCUT2D eigenvalue weighted by molar-refractivity contribution is 0.541. The molecular formula is C11H17NS. The Morgan fingerprint density at radius 3 is 3.08 bits per heavy atom. The molecule has 13 heavy (non-hydrogen) atoms. The molecule has 0 unspecified atom stereocenters. The van der Waals surface area contributed by atoms with Crippen molar-refractivity contribution in [2.75, 3.05) is 6.54 Å². The zero-order chi connectivity index (χ0) is 9.10. The fourth-order valence-electron chi connectivity index (χ4n) is 1.99. The minimum atomic E-state index is 0.641. The fraction of sp³-hybridized carbons (Fsp3) is 0.636. The third-order valence-electron chi connectivity index (χ3n) is 2.78. The molecule has 0 aromatic carbocycles. The van der Waals surface area contributed by atoms with Crippen LogP contribution in [0.25, 0.3) is 0 Å². The van der Waals surface area contributed by atoms with Gasteiger partial charge in [0, 0.05) is 10.9 Å². The third-order valence-corrected chi connectivity index (χ3v) is 3.91. The Hall–Kier alpha value is -0.340. The van der Waals surface area contributed by atoms with Crippen molar-refractivity contribution in [2.24, 2.45) is 0 Å². The van der Waals surface area contributed by atoms with Crippen molar-refractivity contribution in [1.29, 1.82) is 0 Å². The molecule has 2 heteroatoms. The maximum atomic E-state index is 3.64. The van der Waals surface area contributed by atoms with Gasteiger partial charge in [-0.25, -0.2) is 0 Å². The number of rotatable bonds is 1. The summed E-state index contributed by atoms with van der Waals surface area (Å²) in [6.07, 6.45) is 5.45. The summed E-state index contributed by atoms with van der Waals surface area (Å²) in [5.74, 6) is 0. The summed E-state index contributed by atoms with van der Waals surface area (Å²) >= 11 is 1.90. The van der Waals surface area contributed by atoms with Gasteiger partial charge in [0.1, 0.15) is 0 Å². The van der Waals surface area contributed by atoms with Crippen LogP contribution in [-0.4, -0.2) is 6.54 Å².